The first-order chi connectivity index (χ1) is 15.7. The van der Waals surface area contributed by atoms with E-state index >= 15 is 0 Å². The monoisotopic (exact) mass is 444 g/mol. The number of anilines is 1. The van der Waals surface area contributed by atoms with Crippen LogP contribution < -0.4 is 4.90 Å². The van der Waals surface area contributed by atoms with E-state index in [-0.39, 0.29) is 6.04 Å². The van der Waals surface area contributed by atoms with Gasteiger partial charge in [0.1, 0.15) is 0 Å². The Morgan fingerprint density at radius 1 is 0.906 bits per heavy atom. The van der Waals surface area contributed by atoms with Gasteiger partial charge >= 0.3 is 0 Å². The zero-order valence-electron chi connectivity index (χ0n) is 18.6. The first-order valence-electron chi connectivity index (χ1n) is 11.1. The van der Waals surface area contributed by atoms with Gasteiger partial charge in [0.15, 0.2) is 5.82 Å². The topological polar surface area (TPSA) is 50.1 Å². The molecular formula is C25H28N6S. The van der Waals surface area contributed by atoms with Crippen LogP contribution in [0.3, 0.4) is 0 Å². The highest BCUT2D eigenvalue weighted by Crippen LogP contribution is 2.30. The van der Waals surface area contributed by atoms with E-state index in [4.69, 9.17) is 0 Å². The first kappa shape index (κ1) is 20.8. The van der Waals surface area contributed by atoms with Crippen molar-refractivity contribution in [2.24, 2.45) is 0 Å². The van der Waals surface area contributed by atoms with Crippen molar-refractivity contribution in [2.45, 2.75) is 26.4 Å². The fraction of sp³-hybridized carbons (Fsp3) is 0.320. The number of aromatic nitrogens is 4. The summed E-state index contributed by atoms with van der Waals surface area (Å²) >= 11 is 1.74. The van der Waals surface area contributed by atoms with Crippen molar-refractivity contribution < 1.29 is 0 Å². The van der Waals surface area contributed by atoms with Crippen LogP contribution in [0.25, 0.3) is 0 Å². The molecule has 32 heavy (non-hydrogen) atoms. The summed E-state index contributed by atoms with van der Waals surface area (Å²) in [6, 6.07) is 21.5. The Hall–Kier alpha value is -3.03. The molecular weight excluding hydrogens is 416 g/mol. The molecule has 0 saturated carbocycles. The van der Waals surface area contributed by atoms with Crippen molar-refractivity contribution in [1.82, 2.24) is 25.1 Å². The van der Waals surface area contributed by atoms with Gasteiger partial charge < -0.3 is 4.90 Å². The average Bonchev–Trinajstić information content (AvgIpc) is 3.50. The normalized spacial score (nSPS) is 15.8. The molecule has 7 heteroatoms. The largest absolute Gasteiger partial charge is 0.369 e. The van der Waals surface area contributed by atoms with Crippen LogP contribution in [0.15, 0.2) is 66.0 Å². The van der Waals surface area contributed by atoms with E-state index in [9.17, 15) is 0 Å². The van der Waals surface area contributed by atoms with Crippen LogP contribution in [0.4, 0.5) is 5.69 Å². The summed E-state index contributed by atoms with van der Waals surface area (Å²) < 4.78 is 1.96. The van der Waals surface area contributed by atoms with Crippen molar-refractivity contribution in [3.63, 3.8) is 0 Å². The molecule has 1 aliphatic rings. The van der Waals surface area contributed by atoms with Crippen LogP contribution in [-0.2, 0) is 6.54 Å². The first-order valence-corrected chi connectivity index (χ1v) is 12.0. The summed E-state index contributed by atoms with van der Waals surface area (Å²) in [7, 11) is 0. The van der Waals surface area contributed by atoms with Crippen molar-refractivity contribution in [1.29, 1.82) is 0 Å². The number of tetrazole rings is 1. The van der Waals surface area contributed by atoms with E-state index in [0.29, 0.717) is 6.54 Å². The van der Waals surface area contributed by atoms with Crippen molar-refractivity contribution in [3.05, 3.63) is 93.4 Å². The van der Waals surface area contributed by atoms with Gasteiger partial charge in [0.25, 0.3) is 0 Å². The molecule has 0 bridgehead atoms. The second-order valence-corrected chi connectivity index (χ2v) is 9.36. The van der Waals surface area contributed by atoms with Gasteiger partial charge in [0, 0.05) is 36.7 Å². The Bertz CT molecular complexity index is 1150. The lowest BCUT2D eigenvalue weighted by Gasteiger charge is -2.40. The molecule has 0 spiro atoms. The minimum absolute atomic E-state index is 0.0342. The molecule has 0 unspecified atom stereocenters. The van der Waals surface area contributed by atoms with Crippen molar-refractivity contribution >= 4 is 17.0 Å². The van der Waals surface area contributed by atoms with Gasteiger partial charge in [-0.1, -0.05) is 48.5 Å². The van der Waals surface area contributed by atoms with Crippen LogP contribution in [0.2, 0.25) is 0 Å². The summed E-state index contributed by atoms with van der Waals surface area (Å²) in [5.74, 6) is 0.907. The lowest BCUT2D eigenvalue weighted by atomic mass is 10.0. The number of aryl methyl sites for hydroxylation is 1. The molecule has 1 fully saturated rings. The second-order valence-electron chi connectivity index (χ2n) is 8.33. The molecule has 2 aromatic carbocycles. The fourth-order valence-electron chi connectivity index (χ4n) is 4.53. The number of piperazine rings is 1. The van der Waals surface area contributed by atoms with E-state index in [1.807, 2.05) is 4.68 Å². The second kappa shape index (κ2) is 9.22. The van der Waals surface area contributed by atoms with Crippen LogP contribution >= 0.6 is 11.3 Å². The molecule has 0 aliphatic carbocycles. The maximum atomic E-state index is 4.50. The van der Waals surface area contributed by atoms with Crippen LogP contribution in [0.5, 0.6) is 0 Å². The van der Waals surface area contributed by atoms with Crippen LogP contribution in [0.1, 0.15) is 33.4 Å². The third kappa shape index (κ3) is 4.18. The van der Waals surface area contributed by atoms with E-state index in [1.165, 1.54) is 27.3 Å². The zero-order chi connectivity index (χ0) is 21.9. The molecule has 0 amide bonds. The van der Waals surface area contributed by atoms with E-state index < -0.39 is 0 Å². The SMILES string of the molecule is Cc1cccc(N2CCN([C@@H](c3ccccc3)c3nnnn3Cc3cccs3)CC2)c1C. The average molecular weight is 445 g/mol. The van der Waals surface area contributed by atoms with Gasteiger partial charge in [-0.25, -0.2) is 4.68 Å². The Balaban J connectivity index is 1.41. The molecule has 2 aromatic heterocycles. The molecule has 1 aliphatic heterocycles. The molecule has 0 radical (unpaired) electrons. The predicted molar refractivity (Wildman–Crippen MR) is 129 cm³/mol. The number of hydrogen-bond donors (Lipinski definition) is 0. The Morgan fingerprint density at radius 2 is 1.72 bits per heavy atom. The summed E-state index contributed by atoms with van der Waals surface area (Å²) in [5, 5.41) is 15.0. The van der Waals surface area contributed by atoms with Gasteiger partial charge in [0.2, 0.25) is 0 Å². The summed E-state index contributed by atoms with van der Waals surface area (Å²) in [6.45, 7) is 9.00. The number of hydrogen-bond acceptors (Lipinski definition) is 6. The standard InChI is InChI=1S/C25H28N6S/c1-19-8-6-12-23(20(19)2)29-13-15-30(16-14-29)24(21-9-4-3-5-10-21)25-26-27-28-31(25)18-22-11-7-17-32-22/h3-12,17,24H,13-16,18H2,1-2H3/t24-/m0/s1. The van der Waals surface area contributed by atoms with Crippen LogP contribution in [0, 0.1) is 13.8 Å². The number of benzene rings is 2. The van der Waals surface area contributed by atoms with E-state index in [1.54, 1.807) is 11.3 Å². The maximum absolute atomic E-state index is 4.50. The summed E-state index contributed by atoms with van der Waals surface area (Å²) in [4.78, 5) is 6.29. The predicted octanol–water partition coefficient (Wildman–Crippen LogP) is 4.31. The molecule has 1 saturated heterocycles. The minimum Gasteiger partial charge on any atom is -0.369 e. The number of rotatable bonds is 6. The third-order valence-corrected chi connectivity index (χ3v) is 7.26. The van der Waals surface area contributed by atoms with E-state index in [0.717, 1.165) is 32.0 Å². The van der Waals surface area contributed by atoms with Gasteiger partial charge in [-0.2, -0.15) is 0 Å². The summed E-state index contributed by atoms with van der Waals surface area (Å²) in [5.41, 5.74) is 5.30. The Kier molecular flexibility index (Phi) is 6.01. The molecule has 6 nitrogen and oxygen atoms in total. The van der Waals surface area contributed by atoms with Crippen molar-refractivity contribution in [3.8, 4) is 0 Å². The fourth-order valence-corrected chi connectivity index (χ4v) is 5.21. The maximum Gasteiger partial charge on any atom is 0.173 e. The molecule has 164 valence electrons. The van der Waals surface area contributed by atoms with Gasteiger partial charge in [-0.15, -0.1) is 16.4 Å². The van der Waals surface area contributed by atoms with Crippen LogP contribution in [-0.4, -0.2) is 51.3 Å². The number of nitrogens with zero attached hydrogens (tertiary/aromatic N) is 6. The molecule has 1 atom stereocenters. The zero-order valence-corrected chi connectivity index (χ0v) is 19.4. The highest BCUT2D eigenvalue weighted by molar-refractivity contribution is 7.09. The third-order valence-electron chi connectivity index (χ3n) is 6.40. The Labute approximate surface area is 193 Å². The molecule has 5 rings (SSSR count). The van der Waals surface area contributed by atoms with Gasteiger partial charge in [-0.05, 0) is 58.5 Å². The summed E-state index contributed by atoms with van der Waals surface area (Å²) in [6.07, 6.45) is 0. The van der Waals surface area contributed by atoms with Gasteiger partial charge in [0.05, 0.1) is 12.6 Å². The minimum atomic E-state index is 0.0342. The van der Waals surface area contributed by atoms with E-state index in [2.05, 4.69) is 105 Å². The number of thiophene rings is 1. The highest BCUT2D eigenvalue weighted by Gasteiger charge is 2.31. The smallest absolute Gasteiger partial charge is 0.173 e. The molecule has 4 aromatic rings. The lowest BCUT2D eigenvalue weighted by molar-refractivity contribution is 0.201. The highest BCUT2D eigenvalue weighted by atomic mass is 32.1. The van der Waals surface area contributed by atoms with Crippen molar-refractivity contribution in [2.75, 3.05) is 31.1 Å². The van der Waals surface area contributed by atoms with Gasteiger partial charge in [-0.3, -0.25) is 4.90 Å². The molecule has 0 N–H and O–H groups in total. The Morgan fingerprint density at radius 3 is 2.47 bits per heavy atom. The quantitative estimate of drug-likeness (QED) is 0.444. The molecule has 3 heterocycles. The lowest BCUT2D eigenvalue weighted by Crippen LogP contribution is -2.48.